The molecule has 3 aromatic rings. The fraction of sp³-hybridized carbons (Fsp3) is 0.217. The molecule has 0 atom stereocenters. The van der Waals surface area contributed by atoms with Crippen molar-refractivity contribution in [3.63, 3.8) is 0 Å². The third-order valence-electron chi connectivity index (χ3n) is 5.01. The van der Waals surface area contributed by atoms with Crippen LogP contribution >= 0.6 is 0 Å². The molecule has 1 aromatic heterocycles. The van der Waals surface area contributed by atoms with Crippen molar-refractivity contribution >= 4 is 23.6 Å². The number of halogens is 1. The fourth-order valence-electron chi connectivity index (χ4n) is 3.32. The predicted octanol–water partition coefficient (Wildman–Crippen LogP) is 3.62. The minimum absolute atomic E-state index is 0.163. The Kier molecular flexibility index (Phi) is 5.03. The van der Waals surface area contributed by atoms with Crippen LogP contribution < -0.4 is 15.4 Å². The second-order valence-electron chi connectivity index (χ2n) is 7.58. The van der Waals surface area contributed by atoms with Crippen molar-refractivity contribution in [1.82, 2.24) is 15.3 Å². The summed E-state index contributed by atoms with van der Waals surface area (Å²) in [6, 6.07) is 12.2. The van der Waals surface area contributed by atoms with Crippen molar-refractivity contribution in [3.05, 3.63) is 65.6 Å². The highest BCUT2D eigenvalue weighted by Gasteiger charge is 2.23. The van der Waals surface area contributed by atoms with Crippen molar-refractivity contribution in [2.75, 3.05) is 11.9 Å². The third kappa shape index (κ3) is 4.69. The van der Waals surface area contributed by atoms with Crippen LogP contribution in [-0.4, -0.2) is 34.7 Å². The molecule has 1 aliphatic heterocycles. The number of anilines is 2. The molecule has 2 N–H and O–H groups in total. The topological polar surface area (TPSA) is 88.5 Å². The zero-order valence-electron chi connectivity index (χ0n) is 16.6. The van der Waals surface area contributed by atoms with Gasteiger partial charge in [-0.25, -0.2) is 14.4 Å². The van der Waals surface area contributed by atoms with E-state index in [-0.39, 0.29) is 24.3 Å². The maximum Gasteiger partial charge on any atom is 0.258 e. The summed E-state index contributed by atoms with van der Waals surface area (Å²) >= 11 is 0. The van der Waals surface area contributed by atoms with E-state index in [1.165, 1.54) is 17.7 Å². The number of aliphatic imine (C=N–C) groups is 1. The van der Waals surface area contributed by atoms with Crippen molar-refractivity contribution in [2.24, 2.45) is 4.99 Å². The minimum atomic E-state index is -0.491. The lowest BCUT2D eigenvalue weighted by atomic mass is 10.1. The number of nitrogens with zero attached hydrogens (tertiary/aromatic N) is 3. The van der Waals surface area contributed by atoms with E-state index >= 15 is 0 Å². The second kappa shape index (κ2) is 8.14. The van der Waals surface area contributed by atoms with Crippen LogP contribution in [0.15, 0.2) is 53.7 Å². The van der Waals surface area contributed by atoms with Gasteiger partial charge in [-0.2, -0.15) is 0 Å². The molecule has 8 heteroatoms. The number of amides is 1. The summed E-state index contributed by atoms with van der Waals surface area (Å²) in [5.74, 6) is 0.473. The summed E-state index contributed by atoms with van der Waals surface area (Å²) in [4.78, 5) is 24.8. The van der Waals surface area contributed by atoms with Gasteiger partial charge in [-0.3, -0.25) is 9.79 Å². The van der Waals surface area contributed by atoms with E-state index in [0.29, 0.717) is 23.8 Å². The maximum absolute atomic E-state index is 14.2. The van der Waals surface area contributed by atoms with Crippen LogP contribution in [0.25, 0.3) is 11.4 Å². The summed E-state index contributed by atoms with van der Waals surface area (Å²) in [7, 11) is 0. The van der Waals surface area contributed by atoms with Gasteiger partial charge in [0, 0.05) is 35.8 Å². The lowest BCUT2D eigenvalue weighted by Gasteiger charge is -2.10. The first-order valence-corrected chi connectivity index (χ1v) is 10.1. The van der Waals surface area contributed by atoms with Crippen LogP contribution in [0.4, 0.5) is 15.9 Å². The van der Waals surface area contributed by atoms with Crippen molar-refractivity contribution < 1.29 is 13.9 Å². The van der Waals surface area contributed by atoms with Crippen LogP contribution in [0, 0.1) is 5.82 Å². The van der Waals surface area contributed by atoms with Gasteiger partial charge >= 0.3 is 0 Å². The molecule has 1 saturated carbocycles. The molecular formula is C23H20FN5O2. The lowest BCUT2D eigenvalue weighted by Crippen LogP contribution is -2.30. The fourth-order valence-corrected chi connectivity index (χ4v) is 3.32. The number of rotatable bonds is 7. The van der Waals surface area contributed by atoms with Crippen LogP contribution in [0.1, 0.15) is 24.0 Å². The summed E-state index contributed by atoms with van der Waals surface area (Å²) in [6.07, 6.45) is 5.45. The smallest absolute Gasteiger partial charge is 0.258 e. The Bertz CT molecular complexity index is 1180. The standard InChI is InChI=1S/C23H20FN5O2/c24-17-7-15(9-20(10-17)31-13-22(30)28-18-3-4-18)23-26-6-5-21(29-23)27-19-2-1-14-11-25-12-16(14)8-19/h1-2,5-10,12,18H,3-4,11,13H2,(H,28,30)(H,26,27,29). The van der Waals surface area contributed by atoms with Crippen LogP contribution in [0.5, 0.6) is 5.75 Å². The number of nitrogens with one attached hydrogen (secondary N) is 2. The van der Waals surface area contributed by atoms with E-state index in [2.05, 4.69) is 25.6 Å². The van der Waals surface area contributed by atoms with E-state index in [1.54, 1.807) is 18.3 Å². The van der Waals surface area contributed by atoms with Gasteiger partial charge in [0.1, 0.15) is 17.4 Å². The Labute approximate surface area is 178 Å². The van der Waals surface area contributed by atoms with E-state index < -0.39 is 5.82 Å². The SMILES string of the molecule is O=C(COc1cc(F)cc(-c2nccc(Nc3ccc4c(c3)C=NC4)n2)c1)NC1CC1. The highest BCUT2D eigenvalue weighted by atomic mass is 19.1. The molecular weight excluding hydrogens is 397 g/mol. The maximum atomic E-state index is 14.2. The van der Waals surface area contributed by atoms with Gasteiger partial charge in [-0.1, -0.05) is 6.07 Å². The average Bonchev–Trinajstić information content (AvgIpc) is 3.45. The Morgan fingerprint density at radius 3 is 2.94 bits per heavy atom. The number of carbonyl (C=O) groups excluding carboxylic acids is 1. The van der Waals surface area contributed by atoms with Gasteiger partial charge in [0.2, 0.25) is 0 Å². The molecule has 1 aliphatic carbocycles. The molecule has 156 valence electrons. The van der Waals surface area contributed by atoms with Gasteiger partial charge in [-0.15, -0.1) is 0 Å². The first kappa shape index (κ1) is 19.2. The van der Waals surface area contributed by atoms with Crippen molar-refractivity contribution in [3.8, 4) is 17.1 Å². The molecule has 1 amide bonds. The summed E-state index contributed by atoms with van der Waals surface area (Å²) in [6.45, 7) is 0.545. The molecule has 0 saturated heterocycles. The minimum Gasteiger partial charge on any atom is -0.484 e. The normalized spacial score (nSPS) is 14.2. The van der Waals surface area contributed by atoms with Crippen molar-refractivity contribution in [2.45, 2.75) is 25.4 Å². The van der Waals surface area contributed by atoms with E-state index in [4.69, 9.17) is 4.74 Å². The van der Waals surface area contributed by atoms with E-state index in [0.717, 1.165) is 24.1 Å². The van der Waals surface area contributed by atoms with Gasteiger partial charge in [0.25, 0.3) is 5.91 Å². The first-order valence-electron chi connectivity index (χ1n) is 10.1. The van der Waals surface area contributed by atoms with Gasteiger partial charge in [0.15, 0.2) is 12.4 Å². The van der Waals surface area contributed by atoms with Gasteiger partial charge in [0.05, 0.1) is 6.54 Å². The molecule has 0 bridgehead atoms. The predicted molar refractivity (Wildman–Crippen MR) is 115 cm³/mol. The highest BCUT2D eigenvalue weighted by molar-refractivity contribution is 5.86. The Balaban J connectivity index is 1.32. The first-order chi connectivity index (χ1) is 15.1. The zero-order chi connectivity index (χ0) is 21.2. The quantitative estimate of drug-likeness (QED) is 0.613. The average molecular weight is 417 g/mol. The number of carbonyl (C=O) groups is 1. The zero-order valence-corrected chi connectivity index (χ0v) is 16.6. The Morgan fingerprint density at radius 1 is 1.16 bits per heavy atom. The highest BCUT2D eigenvalue weighted by Crippen LogP contribution is 2.26. The molecule has 0 spiro atoms. The second-order valence-corrected chi connectivity index (χ2v) is 7.58. The molecule has 31 heavy (non-hydrogen) atoms. The molecule has 0 unspecified atom stereocenters. The molecule has 5 rings (SSSR count). The van der Waals surface area contributed by atoms with Crippen LogP contribution in [0.3, 0.4) is 0 Å². The molecule has 7 nitrogen and oxygen atoms in total. The summed E-state index contributed by atoms with van der Waals surface area (Å²) < 4.78 is 19.6. The number of aromatic nitrogens is 2. The molecule has 2 aliphatic rings. The molecule has 1 fully saturated rings. The third-order valence-corrected chi connectivity index (χ3v) is 5.01. The van der Waals surface area contributed by atoms with Gasteiger partial charge < -0.3 is 15.4 Å². The largest absolute Gasteiger partial charge is 0.484 e. The summed E-state index contributed by atoms with van der Waals surface area (Å²) in [5, 5.41) is 6.08. The van der Waals surface area contributed by atoms with Crippen molar-refractivity contribution in [1.29, 1.82) is 0 Å². The van der Waals surface area contributed by atoms with Gasteiger partial charge in [-0.05, 0) is 54.3 Å². The summed E-state index contributed by atoms with van der Waals surface area (Å²) in [5.41, 5.74) is 3.60. The number of hydrogen-bond donors (Lipinski definition) is 2. The number of hydrogen-bond acceptors (Lipinski definition) is 6. The number of ether oxygens (including phenoxy) is 1. The van der Waals surface area contributed by atoms with Crippen LogP contribution in [-0.2, 0) is 11.3 Å². The van der Waals surface area contributed by atoms with E-state index in [1.807, 2.05) is 24.4 Å². The monoisotopic (exact) mass is 417 g/mol. The van der Waals surface area contributed by atoms with Crippen LogP contribution in [0.2, 0.25) is 0 Å². The molecule has 2 aromatic carbocycles. The number of benzene rings is 2. The molecule has 0 radical (unpaired) electrons. The Morgan fingerprint density at radius 2 is 2.06 bits per heavy atom. The van der Waals surface area contributed by atoms with E-state index in [9.17, 15) is 9.18 Å². The lowest BCUT2D eigenvalue weighted by molar-refractivity contribution is -0.123. The number of fused-ring (bicyclic) bond motifs is 1. The Hall–Kier alpha value is -3.81. The molecule has 2 heterocycles.